The Morgan fingerprint density at radius 1 is 1.22 bits per heavy atom. The van der Waals surface area contributed by atoms with Crippen LogP contribution in [0.25, 0.3) is 0 Å². The number of fused-ring (bicyclic) bond motifs is 1. The minimum absolute atomic E-state index is 0.00863. The molecule has 170 valence electrons. The van der Waals surface area contributed by atoms with Crippen molar-refractivity contribution in [3.8, 4) is 0 Å². The molecule has 9 heteroatoms. The highest BCUT2D eigenvalue weighted by molar-refractivity contribution is 6.07. The number of hydrogen-bond donors (Lipinski definition) is 2. The maximum atomic E-state index is 13.5. The second kappa shape index (κ2) is 8.74. The van der Waals surface area contributed by atoms with E-state index in [1.165, 1.54) is 6.33 Å². The number of ether oxygens (including phenoxy) is 1. The van der Waals surface area contributed by atoms with Crippen molar-refractivity contribution in [2.75, 3.05) is 20.3 Å². The van der Waals surface area contributed by atoms with E-state index in [1.54, 1.807) is 23.5 Å². The van der Waals surface area contributed by atoms with Crippen LogP contribution in [0.1, 0.15) is 51.9 Å². The SMILES string of the molecule is COCCNC(=O)c1ncn2c1C(=O)N(C1CC1)C(C)(C(=O)NCc1ccc(C)cc1)C2. The Morgan fingerprint density at radius 3 is 2.59 bits per heavy atom. The molecule has 1 atom stereocenters. The summed E-state index contributed by atoms with van der Waals surface area (Å²) in [6, 6.07) is 7.95. The molecule has 0 bridgehead atoms. The molecule has 1 aromatic carbocycles. The molecular formula is C23H29N5O4. The van der Waals surface area contributed by atoms with E-state index in [2.05, 4.69) is 15.6 Å². The number of aryl methyl sites for hydroxylation is 1. The fourth-order valence-corrected chi connectivity index (χ4v) is 4.15. The number of carbonyl (C=O) groups is 3. The lowest BCUT2D eigenvalue weighted by Crippen LogP contribution is -2.64. The Balaban J connectivity index is 1.56. The molecule has 1 fully saturated rings. The van der Waals surface area contributed by atoms with Gasteiger partial charge in [0, 0.05) is 26.2 Å². The molecule has 1 aromatic heterocycles. The zero-order valence-corrected chi connectivity index (χ0v) is 18.7. The van der Waals surface area contributed by atoms with E-state index in [0.717, 1.165) is 24.0 Å². The molecule has 3 amide bonds. The van der Waals surface area contributed by atoms with Crippen molar-refractivity contribution in [2.24, 2.45) is 0 Å². The van der Waals surface area contributed by atoms with Crippen LogP contribution in [-0.4, -0.2) is 64.0 Å². The van der Waals surface area contributed by atoms with Gasteiger partial charge in [0.25, 0.3) is 11.8 Å². The van der Waals surface area contributed by atoms with Gasteiger partial charge in [0.1, 0.15) is 11.2 Å². The van der Waals surface area contributed by atoms with Gasteiger partial charge in [0.2, 0.25) is 5.91 Å². The Kier molecular flexibility index (Phi) is 6.01. The summed E-state index contributed by atoms with van der Waals surface area (Å²) in [5, 5.41) is 5.71. The molecule has 2 aliphatic rings. The average molecular weight is 440 g/mol. The zero-order valence-electron chi connectivity index (χ0n) is 18.7. The van der Waals surface area contributed by atoms with Gasteiger partial charge in [0.15, 0.2) is 5.69 Å². The van der Waals surface area contributed by atoms with Crippen LogP contribution in [0.15, 0.2) is 30.6 Å². The minimum atomic E-state index is -1.07. The van der Waals surface area contributed by atoms with Crippen LogP contribution in [0.3, 0.4) is 0 Å². The first-order chi connectivity index (χ1) is 15.3. The van der Waals surface area contributed by atoms with Crippen molar-refractivity contribution in [3.05, 3.63) is 53.1 Å². The highest BCUT2D eigenvalue weighted by Gasteiger charge is 2.53. The van der Waals surface area contributed by atoms with Crippen LogP contribution >= 0.6 is 0 Å². The second-order valence-electron chi connectivity index (χ2n) is 8.67. The van der Waals surface area contributed by atoms with E-state index in [4.69, 9.17) is 4.74 Å². The highest BCUT2D eigenvalue weighted by Crippen LogP contribution is 2.38. The van der Waals surface area contributed by atoms with Gasteiger partial charge in [-0.15, -0.1) is 0 Å². The maximum Gasteiger partial charge on any atom is 0.274 e. The molecule has 1 saturated carbocycles. The fraction of sp³-hybridized carbons (Fsp3) is 0.478. The minimum Gasteiger partial charge on any atom is -0.383 e. The summed E-state index contributed by atoms with van der Waals surface area (Å²) in [5.41, 5.74) is 1.39. The Morgan fingerprint density at radius 2 is 1.94 bits per heavy atom. The van der Waals surface area contributed by atoms with Gasteiger partial charge in [-0.2, -0.15) is 0 Å². The number of nitrogens with one attached hydrogen (secondary N) is 2. The fourth-order valence-electron chi connectivity index (χ4n) is 4.15. The summed E-state index contributed by atoms with van der Waals surface area (Å²) >= 11 is 0. The smallest absolute Gasteiger partial charge is 0.274 e. The number of nitrogens with zero attached hydrogens (tertiary/aromatic N) is 3. The summed E-state index contributed by atoms with van der Waals surface area (Å²) in [7, 11) is 1.55. The van der Waals surface area contributed by atoms with Crippen molar-refractivity contribution < 1.29 is 19.1 Å². The number of carbonyl (C=O) groups excluding carboxylic acids is 3. The van der Waals surface area contributed by atoms with Crippen LogP contribution in [0.5, 0.6) is 0 Å². The first kappa shape index (κ1) is 22.0. The predicted octanol–water partition coefficient (Wildman–Crippen LogP) is 1.26. The normalized spacial score (nSPS) is 20.1. The van der Waals surface area contributed by atoms with Crippen LogP contribution in [-0.2, 0) is 22.6 Å². The molecule has 9 nitrogen and oxygen atoms in total. The number of aromatic nitrogens is 2. The molecule has 0 saturated heterocycles. The van der Waals surface area contributed by atoms with Crippen LogP contribution < -0.4 is 10.6 Å². The van der Waals surface area contributed by atoms with Gasteiger partial charge >= 0.3 is 0 Å². The molecule has 2 N–H and O–H groups in total. The number of benzene rings is 1. The third-order valence-electron chi connectivity index (χ3n) is 6.05. The molecule has 4 rings (SSSR count). The van der Waals surface area contributed by atoms with Gasteiger partial charge in [-0.3, -0.25) is 14.4 Å². The zero-order chi connectivity index (χ0) is 22.9. The number of rotatable bonds is 8. The summed E-state index contributed by atoms with van der Waals surface area (Å²) in [6.07, 6.45) is 3.15. The Labute approximate surface area is 187 Å². The van der Waals surface area contributed by atoms with E-state index >= 15 is 0 Å². The number of imidazole rings is 1. The predicted molar refractivity (Wildman–Crippen MR) is 117 cm³/mol. The molecule has 0 radical (unpaired) electrons. The molecule has 32 heavy (non-hydrogen) atoms. The van der Waals surface area contributed by atoms with E-state index in [9.17, 15) is 14.4 Å². The quantitative estimate of drug-likeness (QED) is 0.603. The molecular weight excluding hydrogens is 410 g/mol. The van der Waals surface area contributed by atoms with Gasteiger partial charge in [0.05, 0.1) is 19.5 Å². The molecule has 1 aliphatic heterocycles. The summed E-state index contributed by atoms with van der Waals surface area (Å²) in [5.74, 6) is -0.975. The van der Waals surface area contributed by atoms with Crippen molar-refractivity contribution in [1.82, 2.24) is 25.1 Å². The van der Waals surface area contributed by atoms with Crippen molar-refractivity contribution in [2.45, 2.75) is 51.4 Å². The summed E-state index contributed by atoms with van der Waals surface area (Å²) in [4.78, 5) is 45.3. The Bertz CT molecular complexity index is 1030. The van der Waals surface area contributed by atoms with Crippen LogP contribution in [0.2, 0.25) is 0 Å². The third kappa shape index (κ3) is 4.12. The first-order valence-corrected chi connectivity index (χ1v) is 10.8. The molecule has 2 aromatic rings. The Hall–Kier alpha value is -3.20. The van der Waals surface area contributed by atoms with Gasteiger partial charge < -0.3 is 24.8 Å². The van der Waals surface area contributed by atoms with Gasteiger partial charge in [-0.05, 0) is 32.3 Å². The second-order valence-corrected chi connectivity index (χ2v) is 8.67. The lowest BCUT2D eigenvalue weighted by molar-refractivity contribution is -0.133. The lowest BCUT2D eigenvalue weighted by Gasteiger charge is -2.44. The maximum absolute atomic E-state index is 13.5. The van der Waals surface area contributed by atoms with E-state index in [1.807, 2.05) is 31.2 Å². The van der Waals surface area contributed by atoms with Crippen LogP contribution in [0, 0.1) is 6.92 Å². The topological polar surface area (TPSA) is 106 Å². The van der Waals surface area contributed by atoms with Crippen molar-refractivity contribution in [3.63, 3.8) is 0 Å². The molecule has 0 spiro atoms. The highest BCUT2D eigenvalue weighted by atomic mass is 16.5. The van der Waals surface area contributed by atoms with Crippen molar-refractivity contribution in [1.29, 1.82) is 0 Å². The molecule has 1 aliphatic carbocycles. The number of amides is 3. The third-order valence-corrected chi connectivity index (χ3v) is 6.05. The lowest BCUT2D eigenvalue weighted by atomic mass is 9.93. The standard InChI is InChI=1S/C23H29N5O4/c1-15-4-6-16(7-5-15)12-25-22(31)23(2)13-27-14-26-18(20(29)24-10-11-32-3)19(27)21(30)28(23)17-8-9-17/h4-7,14,17H,8-13H2,1-3H3,(H,24,29)(H,25,31). The van der Waals surface area contributed by atoms with Gasteiger partial charge in [-0.25, -0.2) is 4.98 Å². The summed E-state index contributed by atoms with van der Waals surface area (Å²) in [6.45, 7) is 5.10. The number of methoxy groups -OCH3 is 1. The van der Waals surface area contributed by atoms with Gasteiger partial charge in [-0.1, -0.05) is 29.8 Å². The molecule has 1 unspecified atom stereocenters. The van der Waals surface area contributed by atoms with Crippen molar-refractivity contribution >= 4 is 17.7 Å². The summed E-state index contributed by atoms with van der Waals surface area (Å²) < 4.78 is 6.58. The monoisotopic (exact) mass is 439 g/mol. The van der Waals surface area contributed by atoms with E-state index in [0.29, 0.717) is 19.7 Å². The number of hydrogen-bond acceptors (Lipinski definition) is 5. The van der Waals surface area contributed by atoms with E-state index < -0.39 is 11.4 Å². The van der Waals surface area contributed by atoms with E-state index in [-0.39, 0.29) is 35.8 Å². The molecule has 2 heterocycles. The average Bonchev–Trinajstić information content (AvgIpc) is 3.51. The van der Waals surface area contributed by atoms with Crippen LogP contribution in [0.4, 0.5) is 0 Å². The first-order valence-electron chi connectivity index (χ1n) is 10.8. The largest absolute Gasteiger partial charge is 0.383 e.